The van der Waals surface area contributed by atoms with Crippen molar-refractivity contribution in [1.82, 2.24) is 0 Å². The zero-order valence-electron chi connectivity index (χ0n) is 25.3. The summed E-state index contributed by atoms with van der Waals surface area (Å²) in [6.07, 6.45) is 23.6. The second kappa shape index (κ2) is 27.0. The first-order valence-corrected chi connectivity index (χ1v) is 14.0. The molecule has 0 unspecified atom stereocenters. The smallest absolute Gasteiger partial charge is 0.486 e. The Morgan fingerprint density at radius 2 is 1.09 bits per heavy atom. The molecule has 0 N–H and O–H groups in total. The Balaban J connectivity index is 0.000000644. The Labute approximate surface area is 277 Å². The van der Waals surface area contributed by atoms with Crippen LogP contribution < -0.4 is 9.47 Å². The molecule has 4 rings (SSSR count). The van der Waals surface area contributed by atoms with Crippen LogP contribution >= 0.6 is 0 Å². The first kappa shape index (κ1) is 41.7. The number of rotatable bonds is 12. The Bertz CT molecular complexity index is 1130. The van der Waals surface area contributed by atoms with Gasteiger partial charge in [0.15, 0.2) is 0 Å². The maximum atomic E-state index is 13.0. The summed E-state index contributed by atoms with van der Waals surface area (Å²) < 4.78 is 70.4. The van der Waals surface area contributed by atoms with Crippen molar-refractivity contribution in [3.63, 3.8) is 0 Å². The van der Waals surface area contributed by atoms with E-state index in [-0.39, 0.29) is 46.4 Å². The SMILES string of the molecule is CCCCOCC(=O)Oc1ccc(F)[c-]c1F.CCCCOCC(=O)Oc1ccc(F)[c-]c1F.[C-]1=CC=CC1.[C-]1=CC=CC1.[Ti+4]. The molecule has 0 atom stereocenters. The number of allylic oxidation sites excluding steroid dienone is 8. The van der Waals surface area contributed by atoms with E-state index in [4.69, 9.17) is 9.47 Å². The van der Waals surface area contributed by atoms with Crippen molar-refractivity contribution in [2.24, 2.45) is 0 Å². The summed E-state index contributed by atoms with van der Waals surface area (Å²) in [7, 11) is 0. The predicted molar refractivity (Wildman–Crippen MR) is 156 cm³/mol. The number of carbonyl (C=O) groups excluding carboxylic acids is 2. The molecule has 45 heavy (non-hydrogen) atoms. The van der Waals surface area contributed by atoms with Crippen molar-refractivity contribution in [1.29, 1.82) is 0 Å². The molecule has 6 nitrogen and oxygen atoms in total. The summed E-state index contributed by atoms with van der Waals surface area (Å²) in [5.41, 5.74) is 0. The van der Waals surface area contributed by atoms with Crippen LogP contribution in [-0.4, -0.2) is 38.4 Å². The van der Waals surface area contributed by atoms with E-state index in [1.165, 1.54) is 0 Å². The van der Waals surface area contributed by atoms with Crippen molar-refractivity contribution in [2.45, 2.75) is 52.4 Å². The van der Waals surface area contributed by atoms with Crippen LogP contribution in [0.4, 0.5) is 17.6 Å². The van der Waals surface area contributed by atoms with Gasteiger partial charge in [-0.05, 0) is 12.8 Å². The maximum absolute atomic E-state index is 13.0. The first-order valence-electron chi connectivity index (χ1n) is 14.0. The zero-order chi connectivity index (χ0) is 32.4. The molecule has 0 saturated heterocycles. The topological polar surface area (TPSA) is 71.1 Å². The average Bonchev–Trinajstić information content (AvgIpc) is 3.77. The molecule has 0 fully saturated rings. The number of hydrogen-bond acceptors (Lipinski definition) is 6. The molecular weight excluding hydrogens is 628 g/mol. The van der Waals surface area contributed by atoms with Gasteiger partial charge in [-0.15, -0.1) is 49.2 Å². The van der Waals surface area contributed by atoms with E-state index in [9.17, 15) is 27.2 Å². The van der Waals surface area contributed by atoms with E-state index in [0.29, 0.717) is 13.2 Å². The minimum absolute atomic E-state index is 0. The van der Waals surface area contributed by atoms with Crippen LogP contribution in [0.3, 0.4) is 0 Å². The van der Waals surface area contributed by atoms with Crippen LogP contribution in [0, 0.1) is 47.6 Å². The van der Waals surface area contributed by atoms with Crippen molar-refractivity contribution < 1.29 is 67.8 Å². The van der Waals surface area contributed by atoms with Crippen LogP contribution in [0.1, 0.15) is 52.4 Å². The summed E-state index contributed by atoms with van der Waals surface area (Å²) in [5.74, 6) is -5.91. The summed E-state index contributed by atoms with van der Waals surface area (Å²) in [4.78, 5) is 22.4. The molecule has 0 amide bonds. The molecule has 0 aromatic heterocycles. The molecule has 2 aromatic carbocycles. The quantitative estimate of drug-likeness (QED) is 0.0582. The second-order valence-corrected chi connectivity index (χ2v) is 8.74. The molecule has 0 saturated carbocycles. The van der Waals surface area contributed by atoms with E-state index >= 15 is 0 Å². The maximum Gasteiger partial charge on any atom is 4.00 e. The van der Waals surface area contributed by atoms with Crippen LogP contribution in [0.2, 0.25) is 0 Å². The third-order valence-corrected chi connectivity index (χ3v) is 5.00. The van der Waals surface area contributed by atoms with E-state index in [1.807, 2.05) is 38.2 Å². The molecule has 0 spiro atoms. The number of esters is 2. The second-order valence-electron chi connectivity index (χ2n) is 8.74. The van der Waals surface area contributed by atoms with E-state index in [2.05, 4.69) is 33.8 Å². The van der Waals surface area contributed by atoms with Gasteiger partial charge < -0.3 is 18.9 Å². The molecule has 0 aliphatic heterocycles. The molecular formula is C34H36F4O6Ti. The van der Waals surface area contributed by atoms with Crippen LogP contribution in [-0.2, 0) is 40.8 Å². The van der Waals surface area contributed by atoms with Crippen molar-refractivity contribution in [2.75, 3.05) is 26.4 Å². The van der Waals surface area contributed by atoms with Gasteiger partial charge in [0.05, 0.1) is 23.1 Å². The van der Waals surface area contributed by atoms with Gasteiger partial charge in [-0.3, -0.25) is 21.7 Å². The van der Waals surface area contributed by atoms with Gasteiger partial charge in [0.2, 0.25) is 0 Å². The van der Waals surface area contributed by atoms with Crippen molar-refractivity contribution >= 4 is 11.9 Å². The monoisotopic (exact) mass is 664 g/mol. The summed E-state index contributed by atoms with van der Waals surface area (Å²) in [5, 5.41) is 0. The van der Waals surface area contributed by atoms with Crippen molar-refractivity contribution in [3.8, 4) is 11.5 Å². The Kier molecular flexibility index (Phi) is 25.1. The van der Waals surface area contributed by atoms with Crippen LogP contribution in [0.5, 0.6) is 11.5 Å². The summed E-state index contributed by atoms with van der Waals surface area (Å²) >= 11 is 0. The van der Waals surface area contributed by atoms with Gasteiger partial charge in [-0.1, -0.05) is 26.7 Å². The molecule has 0 heterocycles. The fraction of sp³-hybridized carbons (Fsp3) is 0.353. The number of carbonyl (C=O) groups is 2. The van der Waals surface area contributed by atoms with Crippen LogP contribution in [0.25, 0.3) is 0 Å². The fourth-order valence-electron chi connectivity index (χ4n) is 2.81. The summed E-state index contributed by atoms with van der Waals surface area (Å²) in [6, 6.07) is 7.53. The van der Waals surface area contributed by atoms with E-state index in [1.54, 1.807) is 12.1 Å². The van der Waals surface area contributed by atoms with Gasteiger partial charge >= 0.3 is 33.7 Å². The van der Waals surface area contributed by atoms with E-state index in [0.717, 1.165) is 62.8 Å². The van der Waals surface area contributed by atoms with E-state index < -0.39 is 35.2 Å². The minimum Gasteiger partial charge on any atom is -0.486 e. The van der Waals surface area contributed by atoms with Gasteiger partial charge in [0.25, 0.3) is 0 Å². The largest absolute Gasteiger partial charge is 4.00 e. The third kappa shape index (κ3) is 21.9. The number of ether oxygens (including phenoxy) is 4. The molecule has 2 aliphatic rings. The number of hydrogen-bond donors (Lipinski definition) is 0. The predicted octanol–water partition coefficient (Wildman–Crippen LogP) is 7.58. The normalized spacial score (nSPS) is 11.7. The van der Waals surface area contributed by atoms with Gasteiger partial charge in [0.1, 0.15) is 13.2 Å². The Hall–Kier alpha value is -3.31. The van der Waals surface area contributed by atoms with Gasteiger partial charge in [0, 0.05) is 24.8 Å². The third-order valence-electron chi connectivity index (χ3n) is 5.00. The molecule has 0 radical (unpaired) electrons. The Morgan fingerprint density at radius 1 is 0.689 bits per heavy atom. The van der Waals surface area contributed by atoms with Gasteiger partial charge in [-0.2, -0.15) is 12.2 Å². The number of halogens is 4. The fourth-order valence-corrected chi connectivity index (χ4v) is 2.81. The van der Waals surface area contributed by atoms with Crippen molar-refractivity contribution in [3.05, 3.63) is 108 Å². The average molecular weight is 665 g/mol. The molecule has 11 heteroatoms. The molecule has 2 aliphatic carbocycles. The minimum atomic E-state index is -1.04. The standard InChI is InChI=1S/2C12H13F2O3.2C5H5.Ti/c2*1-2-3-6-16-8-12(15)17-11-5-4-9(13)7-10(11)14;2*1-2-4-5-3-1;/h2*4-5H,2-3,6,8H2,1H3;2*1-3H,4H2;/q4*-1;+4. The Morgan fingerprint density at radius 3 is 1.36 bits per heavy atom. The number of benzene rings is 2. The molecule has 240 valence electrons. The first-order chi connectivity index (χ1) is 21.3. The molecule has 0 bridgehead atoms. The number of unbranched alkanes of at least 4 members (excludes halogenated alkanes) is 2. The van der Waals surface area contributed by atoms with Gasteiger partial charge in [-0.25, -0.2) is 41.9 Å². The molecule has 2 aromatic rings. The zero-order valence-corrected chi connectivity index (χ0v) is 26.9. The summed E-state index contributed by atoms with van der Waals surface area (Å²) in [6.45, 7) is 4.37. The van der Waals surface area contributed by atoms with Crippen LogP contribution in [0.15, 0.2) is 60.7 Å².